The highest BCUT2D eigenvalue weighted by molar-refractivity contribution is 6.35. The lowest BCUT2D eigenvalue weighted by Crippen LogP contribution is -2.18. The normalized spacial score (nSPS) is 12.7. The van der Waals surface area contributed by atoms with Crippen LogP contribution in [0.2, 0.25) is 5.02 Å². The second-order valence-electron chi connectivity index (χ2n) is 5.22. The minimum absolute atomic E-state index is 0.0315. The number of rotatable bonds is 5. The van der Waals surface area contributed by atoms with Gasteiger partial charge in [-0.05, 0) is 49.8 Å². The van der Waals surface area contributed by atoms with Crippen molar-refractivity contribution in [3.63, 3.8) is 0 Å². The summed E-state index contributed by atoms with van der Waals surface area (Å²) in [4.78, 5) is 0. The fraction of sp³-hybridized carbons (Fsp3) is 0.235. The second-order valence-corrected chi connectivity index (χ2v) is 5.63. The smallest absolute Gasteiger partial charge is 0.123 e. The van der Waals surface area contributed by atoms with Gasteiger partial charge in [-0.1, -0.05) is 29.8 Å². The molecule has 0 aliphatic rings. The number of hydrogen-bond acceptors (Lipinski definition) is 2. The van der Waals surface area contributed by atoms with E-state index in [0.29, 0.717) is 5.02 Å². The zero-order chi connectivity index (χ0) is 15.5. The zero-order valence-electron chi connectivity index (χ0n) is 12.3. The molecule has 0 bridgehead atoms. The number of aromatic nitrogens is 2. The Morgan fingerprint density at radius 1 is 1.23 bits per heavy atom. The van der Waals surface area contributed by atoms with Crippen LogP contribution in [0.1, 0.15) is 18.0 Å². The molecule has 1 aromatic heterocycles. The Bertz CT molecular complexity index is 767. The summed E-state index contributed by atoms with van der Waals surface area (Å²) in [7, 11) is 1.92. The van der Waals surface area contributed by atoms with Crippen LogP contribution in [0, 0.1) is 5.82 Å². The van der Waals surface area contributed by atoms with Crippen molar-refractivity contribution in [1.29, 1.82) is 0 Å². The first kappa shape index (κ1) is 15.0. The first-order chi connectivity index (χ1) is 10.7. The summed E-state index contributed by atoms with van der Waals surface area (Å²) in [6.07, 6.45) is 2.64. The number of halogens is 2. The van der Waals surface area contributed by atoms with E-state index in [-0.39, 0.29) is 11.9 Å². The first-order valence-corrected chi connectivity index (χ1v) is 7.60. The molecule has 0 fully saturated rings. The molecule has 2 aromatic carbocycles. The summed E-state index contributed by atoms with van der Waals surface area (Å²) in [5, 5.41) is 9.30. The lowest BCUT2D eigenvalue weighted by Gasteiger charge is -2.19. The van der Waals surface area contributed by atoms with E-state index < -0.39 is 0 Å². The molecule has 0 aliphatic carbocycles. The molecule has 1 unspecified atom stereocenters. The zero-order valence-corrected chi connectivity index (χ0v) is 13.0. The summed E-state index contributed by atoms with van der Waals surface area (Å²) in [6.45, 7) is 0.837. The van der Waals surface area contributed by atoms with Gasteiger partial charge in [0.1, 0.15) is 5.82 Å². The summed E-state index contributed by atoms with van der Waals surface area (Å²) < 4.78 is 15.2. The third kappa shape index (κ3) is 2.85. The van der Waals surface area contributed by atoms with Gasteiger partial charge in [-0.25, -0.2) is 4.39 Å². The number of nitrogens with zero attached hydrogens (tertiary/aromatic N) is 2. The maximum Gasteiger partial charge on any atom is 0.123 e. The van der Waals surface area contributed by atoms with Crippen molar-refractivity contribution in [2.24, 2.45) is 0 Å². The topological polar surface area (TPSA) is 29.9 Å². The first-order valence-electron chi connectivity index (χ1n) is 7.22. The Morgan fingerprint density at radius 3 is 2.73 bits per heavy atom. The van der Waals surface area contributed by atoms with E-state index in [4.69, 9.17) is 11.6 Å². The van der Waals surface area contributed by atoms with Crippen molar-refractivity contribution in [2.75, 3.05) is 13.6 Å². The van der Waals surface area contributed by atoms with Crippen LogP contribution >= 0.6 is 11.6 Å². The standard InChI is InChI=1S/C17H17ClFN3/c1-20-10-9-16(12-5-7-13(19)8-6-12)22-17-4-2-3-15(18)14(17)11-21-22/h2-8,11,16,20H,9-10H2,1H3. The van der Waals surface area contributed by atoms with E-state index in [1.54, 1.807) is 6.20 Å². The average Bonchev–Trinajstić information content (AvgIpc) is 2.95. The molecular formula is C17H17ClFN3. The molecule has 0 amide bonds. The molecule has 0 saturated carbocycles. The predicted molar refractivity (Wildman–Crippen MR) is 87.8 cm³/mol. The van der Waals surface area contributed by atoms with E-state index in [0.717, 1.165) is 29.4 Å². The van der Waals surface area contributed by atoms with Crippen molar-refractivity contribution in [3.05, 3.63) is 65.1 Å². The largest absolute Gasteiger partial charge is 0.320 e. The second kappa shape index (κ2) is 6.46. The highest BCUT2D eigenvalue weighted by Crippen LogP contribution is 2.29. The maximum absolute atomic E-state index is 13.2. The summed E-state index contributed by atoms with van der Waals surface area (Å²) in [5.74, 6) is -0.232. The number of fused-ring (bicyclic) bond motifs is 1. The molecule has 1 atom stereocenters. The van der Waals surface area contributed by atoms with E-state index in [1.165, 1.54) is 12.1 Å². The van der Waals surface area contributed by atoms with Crippen LogP contribution in [0.25, 0.3) is 10.9 Å². The van der Waals surface area contributed by atoms with Crippen LogP contribution < -0.4 is 5.32 Å². The number of nitrogens with one attached hydrogen (secondary N) is 1. The van der Waals surface area contributed by atoms with Gasteiger partial charge in [0.05, 0.1) is 22.8 Å². The van der Waals surface area contributed by atoms with Gasteiger partial charge in [0.15, 0.2) is 0 Å². The van der Waals surface area contributed by atoms with Gasteiger partial charge in [0.2, 0.25) is 0 Å². The Balaban J connectivity index is 2.07. The SMILES string of the molecule is CNCCC(c1ccc(F)cc1)n1ncc2c(Cl)cccc21. The van der Waals surface area contributed by atoms with E-state index in [9.17, 15) is 4.39 Å². The molecule has 1 N–H and O–H groups in total. The minimum Gasteiger partial charge on any atom is -0.320 e. The van der Waals surface area contributed by atoms with Gasteiger partial charge < -0.3 is 5.32 Å². The summed E-state index contributed by atoms with van der Waals surface area (Å²) >= 11 is 6.23. The molecular weight excluding hydrogens is 301 g/mol. The van der Waals surface area contributed by atoms with Crippen molar-refractivity contribution in [2.45, 2.75) is 12.5 Å². The molecule has 22 heavy (non-hydrogen) atoms. The van der Waals surface area contributed by atoms with Crippen LogP contribution in [-0.4, -0.2) is 23.4 Å². The Labute approximate surface area is 133 Å². The van der Waals surface area contributed by atoms with Gasteiger partial charge in [-0.15, -0.1) is 0 Å². The monoisotopic (exact) mass is 317 g/mol. The maximum atomic E-state index is 13.2. The summed E-state index contributed by atoms with van der Waals surface area (Å²) in [6, 6.07) is 12.4. The Kier molecular flexibility index (Phi) is 4.41. The van der Waals surface area contributed by atoms with Crippen LogP contribution in [0.5, 0.6) is 0 Å². The van der Waals surface area contributed by atoms with Crippen LogP contribution in [0.3, 0.4) is 0 Å². The van der Waals surface area contributed by atoms with Crippen LogP contribution in [0.15, 0.2) is 48.7 Å². The molecule has 114 valence electrons. The van der Waals surface area contributed by atoms with Crippen molar-refractivity contribution in [3.8, 4) is 0 Å². The van der Waals surface area contributed by atoms with Crippen molar-refractivity contribution in [1.82, 2.24) is 15.1 Å². The van der Waals surface area contributed by atoms with Crippen molar-refractivity contribution < 1.29 is 4.39 Å². The fourth-order valence-corrected chi connectivity index (χ4v) is 2.90. The van der Waals surface area contributed by atoms with Gasteiger partial charge in [0.25, 0.3) is 0 Å². The highest BCUT2D eigenvalue weighted by Gasteiger charge is 2.17. The third-order valence-corrected chi connectivity index (χ3v) is 4.14. The molecule has 0 radical (unpaired) electrons. The number of benzene rings is 2. The van der Waals surface area contributed by atoms with E-state index >= 15 is 0 Å². The predicted octanol–water partition coefficient (Wildman–Crippen LogP) is 4.03. The quantitative estimate of drug-likeness (QED) is 0.770. The molecule has 3 rings (SSSR count). The van der Waals surface area contributed by atoms with Gasteiger partial charge >= 0.3 is 0 Å². The molecule has 3 nitrogen and oxygen atoms in total. The third-order valence-electron chi connectivity index (χ3n) is 3.81. The number of hydrogen-bond donors (Lipinski definition) is 1. The Morgan fingerprint density at radius 2 is 2.00 bits per heavy atom. The molecule has 5 heteroatoms. The van der Waals surface area contributed by atoms with E-state index in [2.05, 4.69) is 10.4 Å². The van der Waals surface area contributed by atoms with Gasteiger partial charge in [0, 0.05) is 5.39 Å². The molecule has 0 aliphatic heterocycles. The average molecular weight is 318 g/mol. The van der Waals surface area contributed by atoms with E-state index in [1.807, 2.05) is 42.1 Å². The summed E-state index contributed by atoms with van der Waals surface area (Å²) in [5.41, 5.74) is 2.01. The van der Waals surface area contributed by atoms with Crippen LogP contribution in [-0.2, 0) is 0 Å². The minimum atomic E-state index is -0.232. The lowest BCUT2D eigenvalue weighted by atomic mass is 10.0. The Hall–Kier alpha value is -1.91. The van der Waals surface area contributed by atoms with Crippen molar-refractivity contribution >= 4 is 22.5 Å². The molecule has 0 spiro atoms. The van der Waals surface area contributed by atoms with Gasteiger partial charge in [-0.3, -0.25) is 4.68 Å². The van der Waals surface area contributed by atoms with Gasteiger partial charge in [-0.2, -0.15) is 5.10 Å². The molecule has 1 heterocycles. The van der Waals surface area contributed by atoms with Crippen LogP contribution in [0.4, 0.5) is 4.39 Å². The molecule has 3 aromatic rings. The lowest BCUT2D eigenvalue weighted by molar-refractivity contribution is 0.492. The molecule has 0 saturated heterocycles. The highest BCUT2D eigenvalue weighted by atomic mass is 35.5. The fourth-order valence-electron chi connectivity index (χ4n) is 2.68.